The molecule has 9 nitrogen and oxygen atoms in total. The minimum Gasteiger partial charge on any atom is -0.458 e. The fourth-order valence-corrected chi connectivity index (χ4v) is 6.87. The highest BCUT2D eigenvalue weighted by atomic mass is 16.6. The summed E-state index contributed by atoms with van der Waals surface area (Å²) in [4.78, 5) is 29.8. The van der Waals surface area contributed by atoms with Crippen LogP contribution in [0.2, 0.25) is 0 Å². The third-order valence-electron chi connectivity index (χ3n) is 9.34. The van der Waals surface area contributed by atoms with Crippen LogP contribution in [0.3, 0.4) is 0 Å². The molecule has 286 valence electrons. The van der Waals surface area contributed by atoms with Gasteiger partial charge in [0, 0.05) is 25.4 Å². The molecule has 1 unspecified atom stereocenters. The smallest absolute Gasteiger partial charge is 0.329 e. The molecule has 1 fully saturated rings. The van der Waals surface area contributed by atoms with Crippen LogP contribution in [0.15, 0.2) is 134 Å². The van der Waals surface area contributed by atoms with E-state index in [9.17, 15) is 14.7 Å². The number of rotatable bonds is 18. The van der Waals surface area contributed by atoms with E-state index in [1.54, 1.807) is 26.8 Å². The first-order valence-electron chi connectivity index (χ1n) is 18.7. The highest BCUT2D eigenvalue weighted by molar-refractivity contribution is 5.85. The van der Waals surface area contributed by atoms with Crippen LogP contribution >= 0.6 is 0 Å². The Kier molecular flexibility index (Phi) is 15.1. The Hall–Kier alpha value is -4.64. The fraction of sp³-hybridized carbons (Fsp3) is 0.378. The topological polar surface area (TPSA) is 107 Å². The Morgan fingerprint density at radius 1 is 0.704 bits per heavy atom. The molecule has 1 heterocycles. The molecule has 0 aliphatic carbocycles. The van der Waals surface area contributed by atoms with E-state index in [0.29, 0.717) is 6.54 Å². The molecule has 0 saturated carbocycles. The number of benzene rings is 4. The Labute approximate surface area is 319 Å². The Morgan fingerprint density at radius 2 is 1.13 bits per heavy atom. The van der Waals surface area contributed by atoms with Gasteiger partial charge in [0.05, 0.1) is 32.5 Å². The number of amides is 1. The van der Waals surface area contributed by atoms with Crippen LogP contribution in [-0.4, -0.2) is 77.1 Å². The van der Waals surface area contributed by atoms with Gasteiger partial charge in [0.1, 0.15) is 30.0 Å². The van der Waals surface area contributed by atoms with Crippen molar-refractivity contribution in [2.24, 2.45) is 0 Å². The first-order valence-corrected chi connectivity index (χ1v) is 18.7. The number of hydrogen-bond donors (Lipinski definition) is 2. The quantitative estimate of drug-likeness (QED) is 0.0891. The second-order valence-corrected chi connectivity index (χ2v) is 14.6. The molecule has 0 radical (unpaired) electrons. The molecule has 1 amide bonds. The maximum atomic E-state index is 14.3. The lowest BCUT2D eigenvalue weighted by Gasteiger charge is -2.52. The number of nitrogens with one attached hydrogen (secondary N) is 1. The fourth-order valence-electron chi connectivity index (χ4n) is 6.87. The molecule has 1 saturated heterocycles. The average Bonchev–Trinajstić information content (AvgIpc) is 3.17. The predicted molar refractivity (Wildman–Crippen MR) is 209 cm³/mol. The number of hydrogen-bond acceptors (Lipinski definition) is 8. The van der Waals surface area contributed by atoms with Crippen LogP contribution in [0.1, 0.15) is 49.4 Å². The molecule has 1 aliphatic heterocycles. The maximum Gasteiger partial charge on any atom is 0.329 e. The lowest BCUT2D eigenvalue weighted by atomic mass is 9.85. The molecule has 0 bridgehead atoms. The zero-order valence-corrected chi connectivity index (χ0v) is 31.6. The summed E-state index contributed by atoms with van der Waals surface area (Å²) in [6.45, 7) is 10.3. The number of esters is 1. The van der Waals surface area contributed by atoms with Gasteiger partial charge in [0.15, 0.2) is 0 Å². The van der Waals surface area contributed by atoms with Crippen molar-refractivity contribution in [3.05, 3.63) is 156 Å². The first-order chi connectivity index (χ1) is 26.1. The van der Waals surface area contributed by atoms with Gasteiger partial charge >= 0.3 is 5.97 Å². The van der Waals surface area contributed by atoms with Crippen molar-refractivity contribution in [3.63, 3.8) is 0 Å². The summed E-state index contributed by atoms with van der Waals surface area (Å²) in [5.41, 5.74) is 3.03. The summed E-state index contributed by atoms with van der Waals surface area (Å²) in [6, 6.07) is 37.0. The molecule has 6 atom stereocenters. The van der Waals surface area contributed by atoms with E-state index in [4.69, 9.17) is 18.9 Å². The summed E-state index contributed by atoms with van der Waals surface area (Å²) in [6.07, 6.45) is -0.0915. The average molecular weight is 735 g/mol. The van der Waals surface area contributed by atoms with Gasteiger partial charge in [-0.05, 0) is 43.0 Å². The summed E-state index contributed by atoms with van der Waals surface area (Å²) in [7, 11) is 0. The maximum absolute atomic E-state index is 14.3. The van der Waals surface area contributed by atoms with Gasteiger partial charge in [-0.15, -0.1) is 6.58 Å². The van der Waals surface area contributed by atoms with Crippen LogP contribution in [0.4, 0.5) is 0 Å². The summed E-state index contributed by atoms with van der Waals surface area (Å²) in [5, 5.41) is 14.1. The second kappa shape index (κ2) is 20.2. The van der Waals surface area contributed by atoms with Gasteiger partial charge in [-0.1, -0.05) is 127 Å². The summed E-state index contributed by atoms with van der Waals surface area (Å²) in [5.74, 6) is -0.883. The molecule has 4 aromatic carbocycles. The number of aliphatic hydroxyl groups is 1. The third-order valence-corrected chi connectivity index (χ3v) is 9.34. The monoisotopic (exact) mass is 734 g/mol. The minimum absolute atomic E-state index is 0.0610. The minimum atomic E-state index is -0.931. The molecule has 4 aromatic rings. The largest absolute Gasteiger partial charge is 0.458 e. The van der Waals surface area contributed by atoms with Gasteiger partial charge in [-0.25, -0.2) is 4.79 Å². The number of likely N-dealkylation sites (tertiary alicyclic amines) is 1. The number of aliphatic hydroxyl groups excluding tert-OH is 1. The van der Waals surface area contributed by atoms with Crippen molar-refractivity contribution >= 4 is 11.9 Å². The summed E-state index contributed by atoms with van der Waals surface area (Å²) < 4.78 is 26.0. The van der Waals surface area contributed by atoms with Crippen molar-refractivity contribution in [2.45, 2.75) is 95.5 Å². The SMILES string of the molecule is C=CCN1[C@@H](CC(=O)NC(Cc2ccccc2)C(=O)OC(C)(C)C)[C@H](OCc2ccccc2)[C@@H](OCc2ccccc2)[C@H](OCc2ccccc2)[C@@H]1CO. The Balaban J connectivity index is 1.50. The van der Waals surface area contributed by atoms with Crippen LogP contribution in [0.25, 0.3) is 0 Å². The molecule has 0 spiro atoms. The van der Waals surface area contributed by atoms with E-state index in [-0.39, 0.29) is 45.2 Å². The third kappa shape index (κ3) is 11.9. The molecule has 1 aliphatic rings. The van der Waals surface area contributed by atoms with Crippen molar-refractivity contribution in [1.29, 1.82) is 0 Å². The van der Waals surface area contributed by atoms with Gasteiger partial charge in [-0.3, -0.25) is 9.69 Å². The Morgan fingerprint density at radius 3 is 1.56 bits per heavy atom. The van der Waals surface area contributed by atoms with E-state index < -0.39 is 48.0 Å². The van der Waals surface area contributed by atoms with Gasteiger partial charge < -0.3 is 29.4 Å². The molecular weight excluding hydrogens is 681 g/mol. The van der Waals surface area contributed by atoms with E-state index in [1.807, 2.05) is 126 Å². The molecule has 5 rings (SSSR count). The van der Waals surface area contributed by atoms with Crippen molar-refractivity contribution < 1.29 is 33.6 Å². The van der Waals surface area contributed by atoms with E-state index in [1.165, 1.54) is 0 Å². The van der Waals surface area contributed by atoms with E-state index in [2.05, 4.69) is 11.9 Å². The standard InChI is InChI=1S/C45H54N2O7/c1-5-26-47-38(28-40(49)46-37(44(50)54-45(2,3)4)27-33-18-10-6-11-19-33)41(51-30-34-20-12-7-13-21-34)43(53-32-36-24-16-9-17-25-36)42(39(47)29-48)52-31-35-22-14-8-15-23-35/h5-25,37-39,41-43,48H,1,26-32H2,2-4H3,(H,46,49)/t37?,38-,39-,41-,42+,43+/m0/s1. The van der Waals surface area contributed by atoms with E-state index in [0.717, 1.165) is 22.3 Å². The predicted octanol–water partition coefficient (Wildman–Crippen LogP) is 6.43. The van der Waals surface area contributed by atoms with Gasteiger partial charge in [-0.2, -0.15) is 0 Å². The van der Waals surface area contributed by atoms with Crippen molar-refractivity contribution in [1.82, 2.24) is 10.2 Å². The second-order valence-electron chi connectivity index (χ2n) is 14.6. The van der Waals surface area contributed by atoms with Crippen LogP contribution in [0.5, 0.6) is 0 Å². The highest BCUT2D eigenvalue weighted by Crippen LogP contribution is 2.34. The molecule has 2 N–H and O–H groups in total. The zero-order valence-electron chi connectivity index (χ0n) is 31.6. The molecular formula is C45H54N2O7. The summed E-state index contributed by atoms with van der Waals surface area (Å²) >= 11 is 0. The number of piperidine rings is 1. The number of nitrogens with zero attached hydrogens (tertiary/aromatic N) is 1. The Bertz CT molecular complexity index is 1720. The van der Waals surface area contributed by atoms with Crippen LogP contribution in [-0.2, 0) is 54.8 Å². The number of ether oxygens (including phenoxy) is 4. The molecule has 54 heavy (non-hydrogen) atoms. The first kappa shape index (κ1) is 40.5. The number of carbonyl (C=O) groups is 2. The number of carbonyl (C=O) groups excluding carboxylic acids is 2. The normalized spacial score (nSPS) is 20.9. The molecule has 9 heteroatoms. The lowest BCUT2D eigenvalue weighted by Crippen LogP contribution is -2.69. The lowest BCUT2D eigenvalue weighted by molar-refractivity contribution is -0.226. The van der Waals surface area contributed by atoms with Gasteiger partial charge in [0.2, 0.25) is 5.91 Å². The van der Waals surface area contributed by atoms with Crippen molar-refractivity contribution in [3.8, 4) is 0 Å². The van der Waals surface area contributed by atoms with Gasteiger partial charge in [0.25, 0.3) is 0 Å². The zero-order chi connectivity index (χ0) is 38.3. The van der Waals surface area contributed by atoms with Crippen molar-refractivity contribution in [2.75, 3.05) is 13.2 Å². The van der Waals surface area contributed by atoms with Crippen LogP contribution < -0.4 is 5.32 Å². The molecule has 0 aromatic heterocycles. The highest BCUT2D eigenvalue weighted by Gasteiger charge is 2.51. The van der Waals surface area contributed by atoms with E-state index >= 15 is 0 Å². The van der Waals surface area contributed by atoms with Crippen LogP contribution in [0, 0.1) is 0 Å².